The Kier molecular flexibility index (Phi) is 4.51. The predicted molar refractivity (Wildman–Crippen MR) is 61.2 cm³/mol. The van der Waals surface area contributed by atoms with E-state index in [-0.39, 0.29) is 0 Å². The van der Waals surface area contributed by atoms with Gasteiger partial charge in [-0.3, -0.25) is 0 Å². The summed E-state index contributed by atoms with van der Waals surface area (Å²) in [5, 5.41) is 9.78. The van der Waals surface area contributed by atoms with E-state index in [1.165, 1.54) is 32.1 Å². The summed E-state index contributed by atoms with van der Waals surface area (Å²) in [7, 11) is 0. The highest BCUT2D eigenvalue weighted by Gasteiger charge is 2.17. The fraction of sp³-hybridized carbons (Fsp3) is 0.538. The smallest absolute Gasteiger partial charge is 0.118 e. The molecule has 0 aromatic carbocycles. The molecule has 0 atom stereocenters. The van der Waals surface area contributed by atoms with Gasteiger partial charge >= 0.3 is 0 Å². The first-order chi connectivity index (χ1) is 6.79. The van der Waals surface area contributed by atoms with E-state index in [0.717, 1.165) is 5.57 Å². The molecule has 0 saturated heterocycles. The molecule has 1 N–H and O–H groups in total. The van der Waals surface area contributed by atoms with E-state index in [4.69, 9.17) is 0 Å². The summed E-state index contributed by atoms with van der Waals surface area (Å²) in [5.74, 6) is 0.923. The Morgan fingerprint density at radius 3 is 2.43 bits per heavy atom. The van der Waals surface area contributed by atoms with Crippen molar-refractivity contribution in [3.8, 4) is 0 Å². The Bertz CT molecular complexity index is 242. The number of hydrogen-bond donors (Lipinski definition) is 1. The van der Waals surface area contributed by atoms with Gasteiger partial charge in [0.25, 0.3) is 0 Å². The van der Waals surface area contributed by atoms with Crippen LogP contribution in [0.3, 0.4) is 0 Å². The summed E-state index contributed by atoms with van der Waals surface area (Å²) >= 11 is 0. The number of hydrogen-bond acceptors (Lipinski definition) is 1. The highest BCUT2D eigenvalue weighted by molar-refractivity contribution is 5.29. The minimum atomic E-state index is 0.398. The highest BCUT2D eigenvalue weighted by atomic mass is 16.3. The molecule has 1 heteroatoms. The molecule has 1 aliphatic rings. The van der Waals surface area contributed by atoms with E-state index >= 15 is 0 Å². The van der Waals surface area contributed by atoms with Crippen molar-refractivity contribution in [1.29, 1.82) is 0 Å². The summed E-state index contributed by atoms with van der Waals surface area (Å²) in [4.78, 5) is 0. The fourth-order valence-electron chi connectivity index (χ4n) is 2.15. The number of allylic oxidation sites excluding steroid dienone is 4. The van der Waals surface area contributed by atoms with Crippen LogP contribution in [0.15, 0.2) is 36.1 Å². The van der Waals surface area contributed by atoms with Gasteiger partial charge in [-0.25, -0.2) is 0 Å². The van der Waals surface area contributed by atoms with E-state index in [0.29, 0.717) is 11.7 Å². The molecule has 0 heterocycles. The molecular formula is C13H20O. The molecule has 1 aliphatic carbocycles. The van der Waals surface area contributed by atoms with E-state index < -0.39 is 0 Å². The Labute approximate surface area is 86.8 Å². The van der Waals surface area contributed by atoms with Crippen LogP contribution in [0.4, 0.5) is 0 Å². The first-order valence-corrected chi connectivity index (χ1v) is 5.48. The summed E-state index contributed by atoms with van der Waals surface area (Å²) < 4.78 is 0. The predicted octanol–water partition coefficient (Wildman–Crippen LogP) is 4.14. The lowest BCUT2D eigenvalue weighted by atomic mass is 9.83. The molecule has 0 aromatic heterocycles. The Morgan fingerprint density at radius 2 is 1.93 bits per heavy atom. The van der Waals surface area contributed by atoms with E-state index in [1.807, 2.05) is 19.1 Å². The van der Waals surface area contributed by atoms with Gasteiger partial charge in [-0.2, -0.15) is 0 Å². The highest BCUT2D eigenvalue weighted by Crippen LogP contribution is 2.31. The van der Waals surface area contributed by atoms with Crippen molar-refractivity contribution in [1.82, 2.24) is 0 Å². The lowest BCUT2D eigenvalue weighted by Crippen LogP contribution is -2.09. The van der Waals surface area contributed by atoms with Crippen molar-refractivity contribution in [2.45, 2.75) is 39.0 Å². The van der Waals surface area contributed by atoms with Crippen LogP contribution in [0.5, 0.6) is 0 Å². The minimum absolute atomic E-state index is 0.398. The normalized spacial score (nSPS) is 20.9. The average Bonchev–Trinajstić information content (AvgIpc) is 2.21. The number of aliphatic hydroxyl groups excluding tert-OH is 1. The zero-order valence-electron chi connectivity index (χ0n) is 9.00. The van der Waals surface area contributed by atoms with Crippen molar-refractivity contribution in [3.63, 3.8) is 0 Å². The summed E-state index contributed by atoms with van der Waals surface area (Å²) in [6.45, 7) is 5.70. The van der Waals surface area contributed by atoms with Gasteiger partial charge in [0.15, 0.2) is 0 Å². The van der Waals surface area contributed by atoms with Gasteiger partial charge in [-0.05, 0) is 37.3 Å². The lowest BCUT2D eigenvalue weighted by Gasteiger charge is -2.23. The minimum Gasteiger partial charge on any atom is -0.508 e. The summed E-state index contributed by atoms with van der Waals surface area (Å²) in [5.41, 5.74) is 1.03. The second-order valence-electron chi connectivity index (χ2n) is 3.88. The molecular weight excluding hydrogens is 172 g/mol. The second-order valence-corrected chi connectivity index (χ2v) is 3.88. The maximum absolute atomic E-state index is 9.78. The zero-order chi connectivity index (χ0) is 10.4. The average molecular weight is 192 g/mol. The van der Waals surface area contributed by atoms with Crippen LogP contribution in [-0.2, 0) is 0 Å². The molecule has 0 aromatic rings. The largest absolute Gasteiger partial charge is 0.508 e. The quantitative estimate of drug-likeness (QED) is 0.526. The molecule has 1 fully saturated rings. The molecule has 78 valence electrons. The monoisotopic (exact) mass is 192 g/mol. The third-order valence-electron chi connectivity index (χ3n) is 2.89. The molecule has 0 radical (unpaired) electrons. The molecule has 0 aliphatic heterocycles. The van der Waals surface area contributed by atoms with E-state index in [1.54, 1.807) is 6.08 Å². The Balaban J connectivity index is 2.78. The van der Waals surface area contributed by atoms with Crippen LogP contribution in [-0.4, -0.2) is 5.11 Å². The van der Waals surface area contributed by atoms with E-state index in [2.05, 4.69) is 6.58 Å². The Hall–Kier alpha value is -0.980. The third-order valence-corrected chi connectivity index (χ3v) is 2.89. The van der Waals surface area contributed by atoms with Crippen molar-refractivity contribution >= 4 is 0 Å². The fourth-order valence-corrected chi connectivity index (χ4v) is 2.15. The van der Waals surface area contributed by atoms with E-state index in [9.17, 15) is 5.11 Å². The van der Waals surface area contributed by atoms with Gasteiger partial charge in [-0.15, -0.1) is 0 Å². The van der Waals surface area contributed by atoms with Gasteiger partial charge < -0.3 is 5.11 Å². The van der Waals surface area contributed by atoms with Gasteiger partial charge in [0, 0.05) is 0 Å². The van der Waals surface area contributed by atoms with Crippen molar-refractivity contribution in [3.05, 3.63) is 36.1 Å². The molecule has 0 unspecified atom stereocenters. The van der Waals surface area contributed by atoms with Crippen LogP contribution in [0, 0.1) is 5.92 Å². The second kappa shape index (κ2) is 5.69. The van der Waals surface area contributed by atoms with Gasteiger partial charge in [0.05, 0.1) is 0 Å². The van der Waals surface area contributed by atoms with Crippen molar-refractivity contribution in [2.75, 3.05) is 0 Å². The number of rotatable bonds is 3. The zero-order valence-corrected chi connectivity index (χ0v) is 9.00. The Morgan fingerprint density at radius 1 is 1.29 bits per heavy atom. The van der Waals surface area contributed by atoms with Crippen LogP contribution in [0.2, 0.25) is 0 Å². The summed E-state index contributed by atoms with van der Waals surface area (Å²) in [6, 6.07) is 0. The molecule has 0 spiro atoms. The maximum atomic E-state index is 9.78. The van der Waals surface area contributed by atoms with Gasteiger partial charge in [0.1, 0.15) is 5.76 Å². The molecule has 0 bridgehead atoms. The van der Waals surface area contributed by atoms with Gasteiger partial charge in [0.2, 0.25) is 0 Å². The summed E-state index contributed by atoms with van der Waals surface area (Å²) in [6.07, 6.45) is 11.7. The van der Waals surface area contributed by atoms with Crippen molar-refractivity contribution in [2.24, 2.45) is 5.92 Å². The standard InChI is InChI=1S/C13H20O/c1-3-8-13(14)12(4-2)11-9-6-5-7-10-11/h3-4,8,11,14H,2,5-7,9-10H2,1H3/b8-3-,13-12-. The first-order valence-electron chi connectivity index (χ1n) is 5.48. The molecule has 1 rings (SSSR count). The lowest BCUT2D eigenvalue weighted by molar-refractivity contribution is 0.373. The van der Waals surface area contributed by atoms with Crippen LogP contribution < -0.4 is 0 Å². The van der Waals surface area contributed by atoms with Crippen LogP contribution >= 0.6 is 0 Å². The maximum Gasteiger partial charge on any atom is 0.118 e. The topological polar surface area (TPSA) is 20.2 Å². The molecule has 1 saturated carbocycles. The van der Waals surface area contributed by atoms with Crippen LogP contribution in [0.25, 0.3) is 0 Å². The SMILES string of the molecule is C=C/C(=C(O)\C=C/C)C1CCCCC1. The third kappa shape index (κ3) is 2.76. The van der Waals surface area contributed by atoms with Crippen LogP contribution in [0.1, 0.15) is 39.0 Å². The molecule has 0 amide bonds. The number of aliphatic hydroxyl groups is 1. The first kappa shape index (κ1) is 11.1. The van der Waals surface area contributed by atoms with Crippen molar-refractivity contribution < 1.29 is 5.11 Å². The molecule has 14 heavy (non-hydrogen) atoms. The molecule has 1 nitrogen and oxygen atoms in total. The van der Waals surface area contributed by atoms with Gasteiger partial charge in [-0.1, -0.05) is 38.0 Å².